The molecule has 0 spiro atoms. The van der Waals surface area contributed by atoms with Gasteiger partial charge in [0, 0.05) is 30.0 Å². The fraction of sp³-hybridized carbons (Fsp3) is 0.353. The van der Waals surface area contributed by atoms with Crippen LogP contribution in [0.15, 0.2) is 41.6 Å². The van der Waals surface area contributed by atoms with Gasteiger partial charge in [0.15, 0.2) is 0 Å². The number of hydrogen-bond acceptors (Lipinski definition) is 5. The summed E-state index contributed by atoms with van der Waals surface area (Å²) in [6.07, 6.45) is 2.76. The maximum Gasteiger partial charge on any atom is 0.254 e. The van der Waals surface area contributed by atoms with Crippen LogP contribution in [0.4, 0.5) is 0 Å². The smallest absolute Gasteiger partial charge is 0.254 e. The molecule has 7 nitrogen and oxygen atoms in total. The molecule has 0 aliphatic heterocycles. The first kappa shape index (κ1) is 20.3. The highest BCUT2D eigenvalue weighted by atomic mass is 35.5. The van der Waals surface area contributed by atoms with E-state index in [1.807, 2.05) is 20.8 Å². The van der Waals surface area contributed by atoms with Gasteiger partial charge in [-0.1, -0.05) is 11.6 Å². The fourth-order valence-electron chi connectivity index (χ4n) is 2.04. The lowest BCUT2D eigenvalue weighted by Crippen LogP contribution is -2.40. The lowest BCUT2D eigenvalue weighted by atomic mass is 10.1. The molecule has 0 fully saturated rings. The number of aromatic nitrogens is 2. The van der Waals surface area contributed by atoms with Gasteiger partial charge in [-0.25, -0.2) is 18.4 Å². The van der Waals surface area contributed by atoms with Crippen LogP contribution in [0.5, 0.6) is 0 Å². The second-order valence-electron chi connectivity index (χ2n) is 6.81. The molecule has 0 saturated carbocycles. The first-order chi connectivity index (χ1) is 12.0. The number of sulfonamides is 1. The highest BCUT2D eigenvalue weighted by Gasteiger charge is 2.22. The van der Waals surface area contributed by atoms with Crippen LogP contribution in [0.1, 0.15) is 37.0 Å². The number of benzene rings is 1. The standard InChI is InChI=1S/C17H21ClN4O3S/c1-17(2,3)21-16(23)12-9-19-15(20-10-12)11-22(4)26(24,25)14-7-5-13(18)6-8-14/h5-10H,11H2,1-4H3,(H,21,23). The van der Waals surface area contributed by atoms with Crippen molar-refractivity contribution in [1.29, 1.82) is 0 Å². The third kappa shape index (κ3) is 5.23. The molecule has 0 aliphatic carbocycles. The van der Waals surface area contributed by atoms with Crippen LogP contribution in [-0.4, -0.2) is 41.2 Å². The van der Waals surface area contributed by atoms with E-state index < -0.39 is 10.0 Å². The molecule has 0 aliphatic rings. The monoisotopic (exact) mass is 396 g/mol. The van der Waals surface area contributed by atoms with Crippen LogP contribution in [-0.2, 0) is 16.6 Å². The van der Waals surface area contributed by atoms with Crippen molar-refractivity contribution in [3.05, 3.63) is 53.1 Å². The number of rotatable bonds is 5. The van der Waals surface area contributed by atoms with E-state index >= 15 is 0 Å². The van der Waals surface area contributed by atoms with Gasteiger partial charge in [-0.05, 0) is 45.0 Å². The Morgan fingerprint density at radius 3 is 2.19 bits per heavy atom. The van der Waals surface area contributed by atoms with Gasteiger partial charge in [-0.15, -0.1) is 0 Å². The average molecular weight is 397 g/mol. The quantitative estimate of drug-likeness (QED) is 0.838. The molecule has 26 heavy (non-hydrogen) atoms. The van der Waals surface area contributed by atoms with Crippen molar-refractivity contribution in [3.8, 4) is 0 Å². The van der Waals surface area contributed by atoms with E-state index in [2.05, 4.69) is 15.3 Å². The van der Waals surface area contributed by atoms with Gasteiger partial charge in [-0.2, -0.15) is 4.31 Å². The molecular weight excluding hydrogens is 376 g/mol. The van der Waals surface area contributed by atoms with E-state index in [-0.39, 0.29) is 28.7 Å². The number of nitrogens with one attached hydrogen (secondary N) is 1. The van der Waals surface area contributed by atoms with E-state index in [1.165, 1.54) is 43.7 Å². The molecule has 1 N–H and O–H groups in total. The third-order valence-corrected chi connectivity index (χ3v) is 5.41. The second kappa shape index (κ2) is 7.69. The Kier molecular flexibility index (Phi) is 6.00. The molecule has 1 amide bonds. The third-order valence-electron chi connectivity index (χ3n) is 3.34. The minimum atomic E-state index is -3.69. The lowest BCUT2D eigenvalue weighted by Gasteiger charge is -2.20. The minimum absolute atomic E-state index is 0.0217. The molecule has 9 heteroatoms. The number of nitrogens with zero attached hydrogens (tertiary/aromatic N) is 3. The van der Waals surface area contributed by atoms with Gasteiger partial charge in [0.25, 0.3) is 5.91 Å². The molecule has 1 heterocycles. The van der Waals surface area contributed by atoms with Gasteiger partial charge in [-0.3, -0.25) is 4.79 Å². The summed E-state index contributed by atoms with van der Waals surface area (Å²) < 4.78 is 26.2. The van der Waals surface area contributed by atoms with E-state index in [1.54, 1.807) is 0 Å². The molecule has 1 aromatic carbocycles. The van der Waals surface area contributed by atoms with Gasteiger partial charge < -0.3 is 5.32 Å². The van der Waals surface area contributed by atoms with Gasteiger partial charge in [0.05, 0.1) is 17.0 Å². The Bertz CT molecular complexity index is 876. The Hall–Kier alpha value is -2.03. The summed E-state index contributed by atoms with van der Waals surface area (Å²) in [4.78, 5) is 20.4. The van der Waals surface area contributed by atoms with Crippen molar-refractivity contribution < 1.29 is 13.2 Å². The molecule has 0 bridgehead atoms. The summed E-state index contributed by atoms with van der Waals surface area (Å²) in [5.41, 5.74) is -0.0605. The number of carbonyl (C=O) groups is 1. The first-order valence-corrected chi connectivity index (χ1v) is 9.66. The zero-order valence-electron chi connectivity index (χ0n) is 15.0. The topological polar surface area (TPSA) is 92.3 Å². The Morgan fingerprint density at radius 2 is 1.69 bits per heavy atom. The van der Waals surface area contributed by atoms with Crippen molar-refractivity contribution in [2.75, 3.05) is 7.05 Å². The molecule has 0 radical (unpaired) electrons. The predicted molar refractivity (Wildman–Crippen MR) is 99.4 cm³/mol. The van der Waals surface area contributed by atoms with Crippen molar-refractivity contribution in [2.24, 2.45) is 0 Å². The summed E-state index contributed by atoms with van der Waals surface area (Å²) in [5.74, 6) is 0.00328. The zero-order valence-corrected chi connectivity index (χ0v) is 16.6. The van der Waals surface area contributed by atoms with Gasteiger partial charge >= 0.3 is 0 Å². The number of carbonyl (C=O) groups excluding carboxylic acids is 1. The van der Waals surface area contributed by atoms with E-state index in [0.29, 0.717) is 10.6 Å². The fourth-order valence-corrected chi connectivity index (χ4v) is 3.29. The molecule has 0 saturated heterocycles. The number of halogens is 1. The zero-order chi connectivity index (χ0) is 19.5. The minimum Gasteiger partial charge on any atom is -0.347 e. The van der Waals surface area contributed by atoms with Gasteiger partial charge in [0.2, 0.25) is 10.0 Å². The van der Waals surface area contributed by atoms with Crippen LogP contribution in [0.3, 0.4) is 0 Å². The van der Waals surface area contributed by atoms with Crippen LogP contribution >= 0.6 is 11.6 Å². The van der Waals surface area contributed by atoms with Crippen molar-refractivity contribution in [2.45, 2.75) is 37.8 Å². The summed E-state index contributed by atoms with van der Waals surface area (Å²) in [6.45, 7) is 5.59. The molecule has 140 valence electrons. The maximum absolute atomic E-state index is 12.5. The first-order valence-electron chi connectivity index (χ1n) is 7.84. The van der Waals surface area contributed by atoms with E-state index in [9.17, 15) is 13.2 Å². The lowest BCUT2D eigenvalue weighted by molar-refractivity contribution is 0.0918. The average Bonchev–Trinajstić information content (AvgIpc) is 2.54. The molecule has 0 unspecified atom stereocenters. The van der Waals surface area contributed by atoms with Crippen molar-refractivity contribution >= 4 is 27.5 Å². The van der Waals surface area contributed by atoms with Gasteiger partial charge in [0.1, 0.15) is 5.82 Å². The highest BCUT2D eigenvalue weighted by Crippen LogP contribution is 2.18. The molecule has 2 rings (SSSR count). The number of amides is 1. The summed E-state index contributed by atoms with van der Waals surface area (Å²) in [5, 5.41) is 3.27. The SMILES string of the molecule is CN(Cc1ncc(C(=O)NC(C)(C)C)cn1)S(=O)(=O)c1ccc(Cl)cc1. The summed E-state index contributed by atoms with van der Waals surface area (Å²) in [7, 11) is -2.25. The Morgan fingerprint density at radius 1 is 1.15 bits per heavy atom. The van der Waals surface area contributed by atoms with E-state index in [0.717, 1.165) is 4.31 Å². The summed E-state index contributed by atoms with van der Waals surface area (Å²) in [6, 6.07) is 5.91. The molecule has 0 atom stereocenters. The predicted octanol–water partition coefficient (Wildman–Crippen LogP) is 2.48. The Labute approximate surface area is 158 Å². The van der Waals surface area contributed by atoms with E-state index in [4.69, 9.17) is 11.6 Å². The Balaban J connectivity index is 2.10. The number of hydrogen-bond donors (Lipinski definition) is 1. The van der Waals surface area contributed by atoms with Crippen molar-refractivity contribution in [1.82, 2.24) is 19.6 Å². The largest absolute Gasteiger partial charge is 0.347 e. The van der Waals surface area contributed by atoms with Crippen LogP contribution < -0.4 is 5.32 Å². The highest BCUT2D eigenvalue weighted by molar-refractivity contribution is 7.89. The van der Waals surface area contributed by atoms with Crippen molar-refractivity contribution in [3.63, 3.8) is 0 Å². The van der Waals surface area contributed by atoms with Crippen LogP contribution in [0, 0.1) is 0 Å². The normalized spacial score (nSPS) is 12.2. The molecular formula is C17H21ClN4O3S. The maximum atomic E-state index is 12.5. The molecule has 1 aromatic heterocycles. The van der Waals surface area contributed by atoms with Crippen LogP contribution in [0.2, 0.25) is 5.02 Å². The molecule has 2 aromatic rings. The second-order valence-corrected chi connectivity index (χ2v) is 9.29. The summed E-state index contributed by atoms with van der Waals surface area (Å²) >= 11 is 5.79. The van der Waals surface area contributed by atoms with Crippen LogP contribution in [0.25, 0.3) is 0 Å².